The van der Waals surface area contributed by atoms with Crippen LogP contribution in [0.3, 0.4) is 0 Å². The number of nitrogens with one attached hydrogen (secondary N) is 2. The maximum atomic E-state index is 12.6. The molecule has 1 heterocycles. The van der Waals surface area contributed by atoms with Crippen LogP contribution in [-0.4, -0.2) is 39.7 Å². The summed E-state index contributed by atoms with van der Waals surface area (Å²) >= 11 is 0. The highest BCUT2D eigenvalue weighted by atomic mass is 32.2. The average Bonchev–Trinajstić information content (AvgIpc) is 2.98. The summed E-state index contributed by atoms with van der Waals surface area (Å²) < 4.78 is 42.4. The Hall–Kier alpha value is -2.59. The van der Waals surface area contributed by atoms with Gasteiger partial charge in [0.2, 0.25) is 15.9 Å². The number of ether oxygens (including phenoxy) is 2. The first-order chi connectivity index (χ1) is 11.8. The summed E-state index contributed by atoms with van der Waals surface area (Å²) in [5.41, 5.74) is 0. The van der Waals surface area contributed by atoms with Gasteiger partial charge in [-0.05, 0) is 26.0 Å². The molecule has 0 fully saturated rings. The predicted octanol–water partition coefficient (Wildman–Crippen LogP) is 1.31. The second-order valence-electron chi connectivity index (χ2n) is 5.17. The number of carbonyl (C=O) groups excluding carboxylic acids is 1. The molecule has 1 atom stereocenters. The molecular formula is C15H19N3O6S. The summed E-state index contributed by atoms with van der Waals surface area (Å²) in [4.78, 5) is 12.0. The molecule has 1 aromatic heterocycles. The van der Waals surface area contributed by atoms with Crippen LogP contribution in [0.2, 0.25) is 0 Å². The number of carbonyl (C=O) groups is 1. The first kappa shape index (κ1) is 18.7. The van der Waals surface area contributed by atoms with E-state index in [1.165, 1.54) is 39.3 Å². The van der Waals surface area contributed by atoms with Gasteiger partial charge in [0.1, 0.15) is 22.2 Å². The molecule has 2 N–H and O–H groups in total. The van der Waals surface area contributed by atoms with Crippen LogP contribution in [-0.2, 0) is 14.8 Å². The lowest BCUT2D eigenvalue weighted by Gasteiger charge is -2.15. The molecule has 0 aliphatic rings. The second kappa shape index (κ2) is 7.53. The molecule has 136 valence electrons. The summed E-state index contributed by atoms with van der Waals surface area (Å²) in [6.45, 7) is 3.08. The van der Waals surface area contributed by atoms with Gasteiger partial charge in [-0.2, -0.15) is 4.72 Å². The summed E-state index contributed by atoms with van der Waals surface area (Å²) in [7, 11) is -1.26. The first-order valence-corrected chi connectivity index (χ1v) is 8.73. The van der Waals surface area contributed by atoms with E-state index in [0.717, 1.165) is 0 Å². The number of hydrogen-bond donors (Lipinski definition) is 2. The molecule has 25 heavy (non-hydrogen) atoms. The lowest BCUT2D eigenvalue weighted by molar-refractivity contribution is -0.117. The average molecular weight is 369 g/mol. The Labute approximate surface area is 145 Å². The van der Waals surface area contributed by atoms with E-state index in [-0.39, 0.29) is 16.5 Å². The molecule has 0 aliphatic heterocycles. The zero-order chi connectivity index (χ0) is 18.6. The van der Waals surface area contributed by atoms with Crippen molar-refractivity contribution in [2.75, 3.05) is 19.5 Å². The highest BCUT2D eigenvalue weighted by Crippen LogP contribution is 2.28. The largest absolute Gasteiger partial charge is 0.497 e. The highest BCUT2D eigenvalue weighted by molar-refractivity contribution is 7.89. The molecule has 0 radical (unpaired) electrons. The van der Waals surface area contributed by atoms with E-state index < -0.39 is 22.0 Å². The molecule has 0 bridgehead atoms. The monoisotopic (exact) mass is 369 g/mol. The fourth-order valence-corrected chi connectivity index (χ4v) is 3.39. The van der Waals surface area contributed by atoms with Crippen molar-refractivity contribution in [2.45, 2.75) is 24.8 Å². The van der Waals surface area contributed by atoms with Crippen molar-refractivity contribution >= 4 is 21.7 Å². The SMILES string of the molecule is COc1ccc(OC)c(S(=O)(=O)N[C@H](C)C(=O)Nc2cc(C)on2)c1. The Bertz CT molecular complexity index is 862. The van der Waals surface area contributed by atoms with Crippen LogP contribution >= 0.6 is 0 Å². The number of nitrogens with zero attached hydrogens (tertiary/aromatic N) is 1. The maximum Gasteiger partial charge on any atom is 0.245 e. The molecule has 10 heteroatoms. The third-order valence-corrected chi connectivity index (χ3v) is 4.83. The smallest absolute Gasteiger partial charge is 0.245 e. The lowest BCUT2D eigenvalue weighted by atomic mass is 10.3. The molecule has 2 rings (SSSR count). The standard InChI is InChI=1S/C15H19N3O6S/c1-9-7-14(17-24-9)16-15(19)10(2)18-25(20,21)13-8-11(22-3)5-6-12(13)23-4/h5-8,10,18H,1-4H3,(H,16,17,19)/t10-/m1/s1. The Balaban J connectivity index is 2.18. The molecular weight excluding hydrogens is 350 g/mol. The Kier molecular flexibility index (Phi) is 5.65. The van der Waals surface area contributed by atoms with E-state index in [9.17, 15) is 13.2 Å². The van der Waals surface area contributed by atoms with Crippen molar-refractivity contribution in [1.29, 1.82) is 0 Å². The van der Waals surface area contributed by atoms with Gasteiger partial charge in [0.15, 0.2) is 5.82 Å². The van der Waals surface area contributed by atoms with Crippen molar-refractivity contribution in [1.82, 2.24) is 9.88 Å². The number of sulfonamides is 1. The second-order valence-corrected chi connectivity index (χ2v) is 6.85. The lowest BCUT2D eigenvalue weighted by Crippen LogP contribution is -2.41. The summed E-state index contributed by atoms with van der Waals surface area (Å²) in [5.74, 6) is 0.611. The number of benzene rings is 1. The van der Waals surface area contributed by atoms with Crippen LogP contribution < -0.4 is 19.5 Å². The first-order valence-electron chi connectivity index (χ1n) is 7.25. The van der Waals surface area contributed by atoms with Gasteiger partial charge in [0.25, 0.3) is 0 Å². The van der Waals surface area contributed by atoms with E-state index in [1.54, 1.807) is 13.0 Å². The van der Waals surface area contributed by atoms with Crippen molar-refractivity contribution < 1.29 is 27.2 Å². The van der Waals surface area contributed by atoms with Crippen LogP contribution in [0.5, 0.6) is 11.5 Å². The van der Waals surface area contributed by atoms with Crippen molar-refractivity contribution in [3.8, 4) is 11.5 Å². The molecule has 0 unspecified atom stereocenters. The molecule has 9 nitrogen and oxygen atoms in total. The fraction of sp³-hybridized carbons (Fsp3) is 0.333. The molecule has 0 saturated carbocycles. The topological polar surface area (TPSA) is 120 Å². The van der Waals surface area contributed by atoms with E-state index >= 15 is 0 Å². The number of aromatic nitrogens is 1. The van der Waals surface area contributed by atoms with E-state index in [2.05, 4.69) is 15.2 Å². The normalized spacial score (nSPS) is 12.5. The minimum Gasteiger partial charge on any atom is -0.497 e. The minimum absolute atomic E-state index is 0.132. The third-order valence-electron chi connectivity index (χ3n) is 3.26. The zero-order valence-corrected chi connectivity index (χ0v) is 15.0. The number of rotatable bonds is 7. The van der Waals surface area contributed by atoms with Gasteiger partial charge in [-0.25, -0.2) is 8.42 Å². The maximum absolute atomic E-state index is 12.6. The number of anilines is 1. The summed E-state index contributed by atoms with van der Waals surface area (Å²) in [6.07, 6.45) is 0. The highest BCUT2D eigenvalue weighted by Gasteiger charge is 2.26. The van der Waals surface area contributed by atoms with Crippen LogP contribution in [0, 0.1) is 6.92 Å². The van der Waals surface area contributed by atoms with Crippen LogP contribution in [0.15, 0.2) is 33.7 Å². The van der Waals surface area contributed by atoms with Crippen LogP contribution in [0.25, 0.3) is 0 Å². The molecule has 2 aromatic rings. The summed E-state index contributed by atoms with van der Waals surface area (Å²) in [5, 5.41) is 6.08. The Morgan fingerprint density at radius 2 is 1.96 bits per heavy atom. The number of methoxy groups -OCH3 is 2. The third kappa shape index (κ3) is 4.48. The molecule has 0 spiro atoms. The quantitative estimate of drug-likeness (QED) is 0.755. The Morgan fingerprint density at radius 1 is 1.24 bits per heavy atom. The fourth-order valence-electron chi connectivity index (χ4n) is 2.00. The van der Waals surface area contributed by atoms with E-state index in [1.807, 2.05) is 0 Å². The van der Waals surface area contributed by atoms with Gasteiger partial charge < -0.3 is 19.3 Å². The zero-order valence-electron chi connectivity index (χ0n) is 14.2. The van der Waals surface area contributed by atoms with E-state index in [4.69, 9.17) is 14.0 Å². The van der Waals surface area contributed by atoms with E-state index in [0.29, 0.717) is 11.5 Å². The molecule has 1 aromatic carbocycles. The summed E-state index contributed by atoms with van der Waals surface area (Å²) in [6, 6.07) is 4.81. The van der Waals surface area contributed by atoms with Crippen molar-refractivity contribution in [2.24, 2.45) is 0 Å². The van der Waals surface area contributed by atoms with Gasteiger partial charge in [0.05, 0.1) is 20.3 Å². The molecule has 0 saturated heterocycles. The van der Waals surface area contributed by atoms with Gasteiger partial charge in [-0.1, -0.05) is 5.16 Å². The van der Waals surface area contributed by atoms with Gasteiger partial charge in [0, 0.05) is 12.1 Å². The van der Waals surface area contributed by atoms with Crippen molar-refractivity contribution in [3.05, 3.63) is 30.0 Å². The van der Waals surface area contributed by atoms with Gasteiger partial charge in [-0.3, -0.25) is 4.79 Å². The van der Waals surface area contributed by atoms with Crippen molar-refractivity contribution in [3.63, 3.8) is 0 Å². The Morgan fingerprint density at radius 3 is 2.52 bits per heavy atom. The molecule has 1 amide bonds. The number of aryl methyl sites for hydroxylation is 1. The number of hydrogen-bond acceptors (Lipinski definition) is 7. The van der Waals surface area contributed by atoms with Gasteiger partial charge >= 0.3 is 0 Å². The minimum atomic E-state index is -4.03. The van der Waals surface area contributed by atoms with Crippen LogP contribution in [0.4, 0.5) is 5.82 Å². The number of amides is 1. The van der Waals surface area contributed by atoms with Gasteiger partial charge in [-0.15, -0.1) is 0 Å². The molecule has 0 aliphatic carbocycles. The predicted molar refractivity (Wildman–Crippen MR) is 89.2 cm³/mol. The van der Waals surface area contributed by atoms with Crippen LogP contribution in [0.1, 0.15) is 12.7 Å².